The number of rotatable bonds is 5. The van der Waals surface area contributed by atoms with Crippen molar-refractivity contribution in [2.45, 2.75) is 12.8 Å². The van der Waals surface area contributed by atoms with Crippen LogP contribution < -0.4 is 11.2 Å². The minimum Gasteiger partial charge on any atom is -0.394 e. The van der Waals surface area contributed by atoms with Gasteiger partial charge in [-0.25, -0.2) is 4.79 Å². The number of nitrogens with zero attached hydrogens (tertiary/aromatic N) is 1. The van der Waals surface area contributed by atoms with Gasteiger partial charge in [0.05, 0.1) is 18.7 Å². The lowest BCUT2D eigenvalue weighted by atomic mass is 10.4. The molecule has 0 amide bonds. The maximum absolute atomic E-state index is 11.6. The number of aliphatic hydroxyl groups excluding tert-OH is 2. The van der Waals surface area contributed by atoms with Crippen molar-refractivity contribution in [3.05, 3.63) is 32.3 Å². The number of H-pyrrole nitrogens is 1. The Balaban J connectivity index is 2.36. The molecule has 0 atom stereocenters. The van der Waals surface area contributed by atoms with Gasteiger partial charge in [0.2, 0.25) is 0 Å². The molecule has 8 heteroatoms. The van der Waals surface area contributed by atoms with Gasteiger partial charge >= 0.3 is 5.69 Å². The van der Waals surface area contributed by atoms with Gasteiger partial charge in [0.25, 0.3) is 5.56 Å². The fourth-order valence-electron chi connectivity index (χ4n) is 1.49. The highest BCUT2D eigenvalue weighted by Crippen LogP contribution is 2.14. The first kappa shape index (κ1) is 13.0. The third kappa shape index (κ3) is 2.36. The van der Waals surface area contributed by atoms with E-state index in [0.717, 1.165) is 0 Å². The topological polar surface area (TPSA) is 105 Å². The number of fused-ring (bicyclic) bond motifs is 1. The van der Waals surface area contributed by atoms with Crippen molar-refractivity contribution < 1.29 is 14.9 Å². The normalized spacial score (nSPS) is 11.5. The summed E-state index contributed by atoms with van der Waals surface area (Å²) < 4.78 is 6.84. The van der Waals surface area contributed by atoms with Gasteiger partial charge < -0.3 is 14.9 Å². The molecule has 3 N–H and O–H groups in total. The van der Waals surface area contributed by atoms with Crippen LogP contribution in [-0.4, -0.2) is 39.1 Å². The molecule has 0 bridgehead atoms. The zero-order valence-electron chi connectivity index (χ0n) is 9.33. The van der Waals surface area contributed by atoms with E-state index in [-0.39, 0.29) is 19.9 Å². The number of aromatic amines is 1. The number of aromatic nitrogens is 2. The van der Waals surface area contributed by atoms with E-state index in [4.69, 9.17) is 14.9 Å². The molecule has 0 aromatic carbocycles. The van der Waals surface area contributed by atoms with Crippen molar-refractivity contribution in [3.63, 3.8) is 0 Å². The quantitative estimate of drug-likeness (QED) is 0.653. The average Bonchev–Trinajstić information content (AvgIpc) is 2.83. The third-order valence-electron chi connectivity index (χ3n) is 2.45. The van der Waals surface area contributed by atoms with Crippen LogP contribution in [0.1, 0.15) is 0 Å². The Kier molecular flexibility index (Phi) is 3.92. The van der Waals surface area contributed by atoms with Crippen LogP contribution in [0.2, 0.25) is 0 Å². The first-order valence-electron chi connectivity index (χ1n) is 5.21. The number of nitrogens with one attached hydrogen (secondary N) is 1. The second-order valence-corrected chi connectivity index (χ2v) is 4.52. The SMILES string of the molecule is O=c1[nH]c(=O)n(COC(CO)CO)c2ccsc12. The Hall–Kier alpha value is -1.48. The Bertz CT molecular complexity index is 639. The van der Waals surface area contributed by atoms with Gasteiger partial charge in [0, 0.05) is 0 Å². The predicted molar refractivity (Wildman–Crippen MR) is 65.8 cm³/mol. The molecule has 0 aliphatic rings. The van der Waals surface area contributed by atoms with Crippen molar-refractivity contribution in [2.24, 2.45) is 0 Å². The van der Waals surface area contributed by atoms with Crippen molar-refractivity contribution in [2.75, 3.05) is 13.2 Å². The second kappa shape index (κ2) is 5.44. The lowest BCUT2D eigenvalue weighted by Gasteiger charge is -2.14. The van der Waals surface area contributed by atoms with Gasteiger partial charge in [-0.3, -0.25) is 14.3 Å². The molecule has 2 aromatic rings. The standard InChI is InChI=1S/C10H12N2O5S/c13-3-6(4-14)17-5-12-7-1-2-18-8(7)9(15)11-10(12)16/h1-2,6,13-14H,3-5H2,(H,11,15,16). The minimum absolute atomic E-state index is 0.144. The zero-order valence-corrected chi connectivity index (χ0v) is 10.1. The van der Waals surface area contributed by atoms with Gasteiger partial charge in [0.15, 0.2) is 0 Å². The molecule has 0 saturated carbocycles. The summed E-state index contributed by atoms with van der Waals surface area (Å²) in [5.74, 6) is 0. The van der Waals surface area contributed by atoms with Crippen LogP contribution in [0.4, 0.5) is 0 Å². The molecule has 0 unspecified atom stereocenters. The molecule has 0 saturated heterocycles. The van der Waals surface area contributed by atoms with Crippen LogP contribution >= 0.6 is 11.3 Å². The van der Waals surface area contributed by atoms with E-state index < -0.39 is 17.4 Å². The maximum atomic E-state index is 11.6. The van der Waals surface area contributed by atoms with Gasteiger partial charge in [-0.15, -0.1) is 11.3 Å². The third-order valence-corrected chi connectivity index (χ3v) is 3.36. The highest BCUT2D eigenvalue weighted by molar-refractivity contribution is 7.17. The van der Waals surface area contributed by atoms with Crippen molar-refractivity contribution >= 4 is 21.6 Å². The van der Waals surface area contributed by atoms with Crippen LogP contribution in [-0.2, 0) is 11.5 Å². The van der Waals surface area contributed by atoms with Gasteiger partial charge in [0.1, 0.15) is 17.5 Å². The maximum Gasteiger partial charge on any atom is 0.330 e. The molecular formula is C10H12N2O5S. The van der Waals surface area contributed by atoms with Crippen LogP contribution in [0.15, 0.2) is 21.0 Å². The van der Waals surface area contributed by atoms with E-state index in [1.54, 1.807) is 11.4 Å². The molecule has 0 fully saturated rings. The fraction of sp³-hybridized carbons (Fsp3) is 0.400. The number of ether oxygens (including phenoxy) is 1. The molecule has 0 spiro atoms. The highest BCUT2D eigenvalue weighted by atomic mass is 32.1. The largest absolute Gasteiger partial charge is 0.394 e. The monoisotopic (exact) mass is 272 g/mol. The molecule has 18 heavy (non-hydrogen) atoms. The van der Waals surface area contributed by atoms with Crippen LogP contribution in [0.3, 0.4) is 0 Å². The van der Waals surface area contributed by atoms with Crippen molar-refractivity contribution in [1.82, 2.24) is 9.55 Å². The van der Waals surface area contributed by atoms with E-state index in [1.165, 1.54) is 15.9 Å². The first-order chi connectivity index (χ1) is 8.67. The molecule has 7 nitrogen and oxygen atoms in total. The lowest BCUT2D eigenvalue weighted by Crippen LogP contribution is -2.32. The van der Waals surface area contributed by atoms with Crippen molar-refractivity contribution in [1.29, 1.82) is 0 Å². The van der Waals surface area contributed by atoms with Crippen LogP contribution in [0.25, 0.3) is 10.2 Å². The number of hydrogen-bond donors (Lipinski definition) is 3. The summed E-state index contributed by atoms with van der Waals surface area (Å²) in [6.45, 7) is -0.836. The highest BCUT2D eigenvalue weighted by Gasteiger charge is 2.11. The van der Waals surface area contributed by atoms with Gasteiger partial charge in [-0.2, -0.15) is 0 Å². The smallest absolute Gasteiger partial charge is 0.330 e. The molecule has 98 valence electrons. The van der Waals surface area contributed by atoms with E-state index in [0.29, 0.717) is 10.2 Å². The average molecular weight is 272 g/mol. The zero-order chi connectivity index (χ0) is 13.1. The number of thiophene rings is 1. The van der Waals surface area contributed by atoms with Crippen molar-refractivity contribution in [3.8, 4) is 0 Å². The molecule has 2 heterocycles. The molecular weight excluding hydrogens is 260 g/mol. The second-order valence-electron chi connectivity index (χ2n) is 3.61. The first-order valence-corrected chi connectivity index (χ1v) is 6.09. The Morgan fingerprint density at radius 2 is 2.11 bits per heavy atom. The molecule has 2 aromatic heterocycles. The van der Waals surface area contributed by atoms with Crippen LogP contribution in [0.5, 0.6) is 0 Å². The van der Waals surface area contributed by atoms with Crippen LogP contribution in [0, 0.1) is 0 Å². The van der Waals surface area contributed by atoms with E-state index in [2.05, 4.69) is 4.98 Å². The van der Waals surface area contributed by atoms with Gasteiger partial charge in [-0.05, 0) is 11.4 Å². The fourth-order valence-corrected chi connectivity index (χ4v) is 2.28. The molecule has 0 radical (unpaired) electrons. The summed E-state index contributed by atoms with van der Waals surface area (Å²) in [6, 6.07) is 1.65. The minimum atomic E-state index is -0.752. The molecule has 0 aliphatic carbocycles. The Labute approximate surface area is 105 Å². The van der Waals surface area contributed by atoms with E-state index in [1.807, 2.05) is 0 Å². The Morgan fingerprint density at radius 3 is 2.78 bits per heavy atom. The van der Waals surface area contributed by atoms with Gasteiger partial charge in [-0.1, -0.05) is 0 Å². The number of aliphatic hydroxyl groups is 2. The van der Waals surface area contributed by atoms with E-state index in [9.17, 15) is 9.59 Å². The summed E-state index contributed by atoms with van der Waals surface area (Å²) in [5.41, 5.74) is -0.536. The summed E-state index contributed by atoms with van der Waals surface area (Å²) in [7, 11) is 0. The number of hydrogen-bond acceptors (Lipinski definition) is 6. The Morgan fingerprint density at radius 1 is 1.39 bits per heavy atom. The summed E-state index contributed by atoms with van der Waals surface area (Å²) in [6.07, 6.45) is -0.752. The predicted octanol–water partition coefficient (Wildman–Crippen LogP) is -0.921. The molecule has 0 aliphatic heterocycles. The van der Waals surface area contributed by atoms with E-state index >= 15 is 0 Å². The summed E-state index contributed by atoms with van der Waals surface area (Å²) in [4.78, 5) is 25.3. The lowest BCUT2D eigenvalue weighted by molar-refractivity contribution is -0.0498. The summed E-state index contributed by atoms with van der Waals surface area (Å²) in [5, 5.41) is 19.4. The molecule has 2 rings (SSSR count). The summed E-state index contributed by atoms with van der Waals surface area (Å²) >= 11 is 1.22.